The lowest BCUT2D eigenvalue weighted by atomic mass is 9.80. The summed E-state index contributed by atoms with van der Waals surface area (Å²) >= 11 is 0. The number of rotatable bonds is 3. The lowest BCUT2D eigenvalue weighted by Gasteiger charge is -2.29. The lowest BCUT2D eigenvalue weighted by Crippen LogP contribution is -2.40. The third-order valence-electron chi connectivity index (χ3n) is 4.69. The van der Waals surface area contributed by atoms with Gasteiger partial charge in [0.2, 0.25) is 5.91 Å². The summed E-state index contributed by atoms with van der Waals surface area (Å²) in [5, 5.41) is 6.51. The summed E-state index contributed by atoms with van der Waals surface area (Å²) in [4.78, 5) is 12.1. The molecule has 2 fully saturated rings. The fraction of sp³-hybridized carbons (Fsp3) is 0.929. The largest absolute Gasteiger partial charge is 0.356 e. The van der Waals surface area contributed by atoms with Crippen LogP contribution in [0.1, 0.15) is 46.0 Å². The van der Waals surface area contributed by atoms with Gasteiger partial charge in [-0.2, -0.15) is 0 Å². The van der Waals surface area contributed by atoms with E-state index in [1.165, 1.54) is 25.7 Å². The Kier molecular flexibility index (Phi) is 4.43. The molecule has 2 aliphatic rings. The van der Waals surface area contributed by atoms with E-state index in [1.54, 1.807) is 0 Å². The van der Waals surface area contributed by atoms with Gasteiger partial charge in [-0.25, -0.2) is 0 Å². The van der Waals surface area contributed by atoms with Crippen molar-refractivity contribution in [2.75, 3.05) is 13.1 Å². The Morgan fingerprint density at radius 1 is 1.24 bits per heavy atom. The smallest absolute Gasteiger partial charge is 0.224 e. The number of hydrogen-bond acceptors (Lipinski definition) is 2. The summed E-state index contributed by atoms with van der Waals surface area (Å²) in [6.07, 6.45) is 6.33. The van der Waals surface area contributed by atoms with Gasteiger partial charge in [0.25, 0.3) is 0 Å². The Hall–Kier alpha value is -0.570. The van der Waals surface area contributed by atoms with E-state index in [1.807, 2.05) is 0 Å². The van der Waals surface area contributed by atoms with Crippen molar-refractivity contribution < 1.29 is 4.79 Å². The first-order chi connectivity index (χ1) is 8.18. The van der Waals surface area contributed by atoms with E-state index in [4.69, 9.17) is 0 Å². The Bertz CT molecular complexity index is 267. The van der Waals surface area contributed by atoms with Crippen LogP contribution in [0.5, 0.6) is 0 Å². The van der Waals surface area contributed by atoms with Crippen LogP contribution < -0.4 is 10.6 Å². The van der Waals surface area contributed by atoms with Crippen LogP contribution in [-0.4, -0.2) is 25.0 Å². The molecule has 0 spiro atoms. The van der Waals surface area contributed by atoms with E-state index < -0.39 is 0 Å². The second kappa shape index (κ2) is 5.85. The molecule has 2 rings (SSSR count). The van der Waals surface area contributed by atoms with E-state index in [0.29, 0.717) is 12.0 Å². The summed E-state index contributed by atoms with van der Waals surface area (Å²) in [7, 11) is 0. The highest BCUT2D eigenvalue weighted by Crippen LogP contribution is 2.29. The third-order valence-corrected chi connectivity index (χ3v) is 4.69. The molecular weight excluding hydrogens is 212 g/mol. The molecular formula is C14H26N2O. The van der Waals surface area contributed by atoms with Crippen molar-refractivity contribution in [2.45, 2.75) is 52.0 Å². The fourth-order valence-electron chi connectivity index (χ4n) is 3.28. The van der Waals surface area contributed by atoms with Gasteiger partial charge in [0.05, 0.1) is 5.92 Å². The first-order valence-electron chi connectivity index (χ1n) is 7.19. The maximum atomic E-state index is 12.1. The number of carbonyl (C=O) groups excluding carboxylic acids is 1. The van der Waals surface area contributed by atoms with Gasteiger partial charge in [0, 0.05) is 12.6 Å². The molecule has 0 radical (unpaired) electrons. The van der Waals surface area contributed by atoms with Crippen molar-refractivity contribution in [1.82, 2.24) is 10.6 Å². The van der Waals surface area contributed by atoms with Crippen molar-refractivity contribution in [3.8, 4) is 0 Å². The van der Waals surface area contributed by atoms with Gasteiger partial charge < -0.3 is 10.6 Å². The molecule has 0 aromatic heterocycles. The van der Waals surface area contributed by atoms with Gasteiger partial charge in [-0.3, -0.25) is 4.79 Å². The molecule has 0 aromatic rings. The van der Waals surface area contributed by atoms with Crippen LogP contribution in [0.15, 0.2) is 0 Å². The predicted molar refractivity (Wildman–Crippen MR) is 69.7 cm³/mol. The second-order valence-corrected chi connectivity index (χ2v) is 5.90. The van der Waals surface area contributed by atoms with Gasteiger partial charge in [-0.15, -0.1) is 0 Å². The Balaban J connectivity index is 1.75. The number of amides is 1. The summed E-state index contributed by atoms with van der Waals surface area (Å²) < 4.78 is 0. The average Bonchev–Trinajstić information content (AvgIpc) is 2.74. The van der Waals surface area contributed by atoms with Crippen LogP contribution in [0.4, 0.5) is 0 Å². The fourth-order valence-corrected chi connectivity index (χ4v) is 3.28. The molecule has 1 amide bonds. The standard InChI is InChI=1S/C14H26N2O/c1-10-5-3-4-6-12(10)9-16-14(17)13-7-8-15-11(13)2/h10-13,15H,3-9H2,1-2H3,(H,16,17). The Morgan fingerprint density at radius 3 is 2.65 bits per heavy atom. The van der Waals surface area contributed by atoms with Crippen molar-refractivity contribution in [2.24, 2.45) is 17.8 Å². The van der Waals surface area contributed by atoms with E-state index in [2.05, 4.69) is 24.5 Å². The van der Waals surface area contributed by atoms with Crippen LogP contribution in [0.25, 0.3) is 0 Å². The SMILES string of the molecule is CC1CCCCC1CNC(=O)C1CCNC1C. The van der Waals surface area contributed by atoms with Crippen molar-refractivity contribution >= 4 is 5.91 Å². The van der Waals surface area contributed by atoms with Crippen molar-refractivity contribution in [3.63, 3.8) is 0 Å². The summed E-state index contributed by atoms with van der Waals surface area (Å²) in [5.41, 5.74) is 0. The molecule has 1 aliphatic heterocycles. The average molecular weight is 238 g/mol. The number of nitrogens with one attached hydrogen (secondary N) is 2. The molecule has 2 N–H and O–H groups in total. The summed E-state index contributed by atoms with van der Waals surface area (Å²) in [6.45, 7) is 6.32. The van der Waals surface area contributed by atoms with Gasteiger partial charge in [-0.05, 0) is 38.1 Å². The maximum Gasteiger partial charge on any atom is 0.224 e. The molecule has 4 unspecified atom stereocenters. The minimum Gasteiger partial charge on any atom is -0.356 e. The van der Waals surface area contributed by atoms with Gasteiger partial charge in [0.15, 0.2) is 0 Å². The molecule has 0 bridgehead atoms. The number of hydrogen-bond donors (Lipinski definition) is 2. The van der Waals surface area contributed by atoms with Crippen LogP contribution in [0, 0.1) is 17.8 Å². The number of carbonyl (C=O) groups is 1. The predicted octanol–water partition coefficient (Wildman–Crippen LogP) is 1.93. The first-order valence-corrected chi connectivity index (χ1v) is 7.19. The van der Waals surface area contributed by atoms with Gasteiger partial charge in [-0.1, -0.05) is 26.2 Å². The molecule has 1 heterocycles. The minimum absolute atomic E-state index is 0.189. The topological polar surface area (TPSA) is 41.1 Å². The zero-order chi connectivity index (χ0) is 12.3. The summed E-state index contributed by atoms with van der Waals surface area (Å²) in [5.74, 6) is 1.94. The van der Waals surface area contributed by atoms with E-state index >= 15 is 0 Å². The molecule has 0 aromatic carbocycles. The Labute approximate surface area is 105 Å². The monoisotopic (exact) mass is 238 g/mol. The van der Waals surface area contributed by atoms with E-state index in [9.17, 15) is 4.79 Å². The Morgan fingerprint density at radius 2 is 2.00 bits per heavy atom. The lowest BCUT2D eigenvalue weighted by molar-refractivity contribution is -0.125. The molecule has 4 atom stereocenters. The molecule has 98 valence electrons. The van der Waals surface area contributed by atoms with Crippen molar-refractivity contribution in [1.29, 1.82) is 0 Å². The third kappa shape index (κ3) is 3.21. The second-order valence-electron chi connectivity index (χ2n) is 5.90. The van der Waals surface area contributed by atoms with Crippen LogP contribution in [-0.2, 0) is 4.79 Å². The molecule has 3 heteroatoms. The maximum absolute atomic E-state index is 12.1. The quantitative estimate of drug-likeness (QED) is 0.789. The van der Waals surface area contributed by atoms with Crippen LogP contribution in [0.2, 0.25) is 0 Å². The highest BCUT2D eigenvalue weighted by atomic mass is 16.1. The molecule has 1 aliphatic carbocycles. The van der Waals surface area contributed by atoms with E-state index in [0.717, 1.165) is 25.4 Å². The molecule has 1 saturated carbocycles. The van der Waals surface area contributed by atoms with Crippen LogP contribution in [0.3, 0.4) is 0 Å². The zero-order valence-electron chi connectivity index (χ0n) is 11.2. The van der Waals surface area contributed by atoms with Gasteiger partial charge in [0.1, 0.15) is 0 Å². The molecule has 17 heavy (non-hydrogen) atoms. The molecule has 3 nitrogen and oxygen atoms in total. The minimum atomic E-state index is 0.189. The summed E-state index contributed by atoms with van der Waals surface area (Å²) in [6, 6.07) is 0.346. The van der Waals surface area contributed by atoms with Crippen LogP contribution >= 0.6 is 0 Å². The van der Waals surface area contributed by atoms with E-state index in [-0.39, 0.29) is 11.8 Å². The normalized spacial score (nSPS) is 38.0. The van der Waals surface area contributed by atoms with Crippen molar-refractivity contribution in [3.05, 3.63) is 0 Å². The zero-order valence-corrected chi connectivity index (χ0v) is 11.2. The highest BCUT2D eigenvalue weighted by Gasteiger charge is 2.30. The molecule has 1 saturated heterocycles. The van der Waals surface area contributed by atoms with Gasteiger partial charge >= 0.3 is 0 Å². The first kappa shape index (κ1) is 12.9. The highest BCUT2D eigenvalue weighted by molar-refractivity contribution is 5.79.